The van der Waals surface area contributed by atoms with Gasteiger partial charge in [0.25, 0.3) is 0 Å². The van der Waals surface area contributed by atoms with Gasteiger partial charge in [-0.2, -0.15) is 11.8 Å². The average Bonchev–Trinajstić information content (AvgIpc) is 2.68. The number of aromatic nitrogens is 1. The van der Waals surface area contributed by atoms with E-state index in [2.05, 4.69) is 4.98 Å². The van der Waals surface area contributed by atoms with Gasteiger partial charge in [-0.15, -0.1) is 0 Å². The third-order valence-electron chi connectivity index (χ3n) is 2.82. The smallest absolute Gasteiger partial charge is 0.194 e. The molecule has 1 saturated heterocycles. The SMILES string of the molecule is CC(N)c1cnc(CC2CCSCC2)o1. The molecule has 0 saturated carbocycles. The van der Waals surface area contributed by atoms with E-state index < -0.39 is 0 Å². The standard InChI is InChI=1S/C11H18N2OS/c1-8(12)10-7-13-11(14-10)6-9-2-4-15-5-3-9/h7-9H,2-6,12H2,1H3. The maximum atomic E-state index is 5.72. The van der Waals surface area contributed by atoms with Crippen LogP contribution in [-0.2, 0) is 6.42 Å². The van der Waals surface area contributed by atoms with Gasteiger partial charge in [0.2, 0.25) is 0 Å². The van der Waals surface area contributed by atoms with Crippen molar-refractivity contribution in [1.29, 1.82) is 0 Å². The van der Waals surface area contributed by atoms with E-state index in [4.69, 9.17) is 10.2 Å². The molecule has 2 N–H and O–H groups in total. The van der Waals surface area contributed by atoms with Crippen molar-refractivity contribution < 1.29 is 4.42 Å². The summed E-state index contributed by atoms with van der Waals surface area (Å²) in [4.78, 5) is 4.28. The van der Waals surface area contributed by atoms with Crippen LogP contribution >= 0.6 is 11.8 Å². The fourth-order valence-corrected chi connectivity index (χ4v) is 3.03. The Morgan fingerprint density at radius 2 is 2.33 bits per heavy atom. The molecule has 0 spiro atoms. The summed E-state index contributed by atoms with van der Waals surface area (Å²) in [5.41, 5.74) is 5.72. The van der Waals surface area contributed by atoms with E-state index in [1.807, 2.05) is 18.7 Å². The first-order chi connectivity index (χ1) is 7.25. The Morgan fingerprint density at radius 1 is 1.60 bits per heavy atom. The molecule has 1 aliphatic rings. The van der Waals surface area contributed by atoms with Gasteiger partial charge in [-0.25, -0.2) is 4.98 Å². The second-order valence-corrected chi connectivity index (χ2v) is 5.43. The summed E-state index contributed by atoms with van der Waals surface area (Å²) in [5.74, 6) is 4.98. The maximum Gasteiger partial charge on any atom is 0.194 e. The van der Waals surface area contributed by atoms with E-state index in [1.165, 1.54) is 24.3 Å². The van der Waals surface area contributed by atoms with Crippen molar-refractivity contribution in [2.45, 2.75) is 32.2 Å². The van der Waals surface area contributed by atoms with Crippen LogP contribution in [0.5, 0.6) is 0 Å². The second kappa shape index (κ2) is 5.03. The highest BCUT2D eigenvalue weighted by atomic mass is 32.2. The number of rotatable bonds is 3. The molecular weight excluding hydrogens is 208 g/mol. The van der Waals surface area contributed by atoms with E-state index in [0.29, 0.717) is 0 Å². The predicted molar refractivity (Wildman–Crippen MR) is 62.9 cm³/mol. The fourth-order valence-electron chi connectivity index (χ4n) is 1.83. The van der Waals surface area contributed by atoms with Gasteiger partial charge in [-0.05, 0) is 37.2 Å². The van der Waals surface area contributed by atoms with Crippen molar-refractivity contribution in [3.63, 3.8) is 0 Å². The topological polar surface area (TPSA) is 52.0 Å². The van der Waals surface area contributed by atoms with E-state index in [1.54, 1.807) is 6.20 Å². The molecule has 0 bridgehead atoms. The summed E-state index contributed by atoms with van der Waals surface area (Å²) >= 11 is 2.05. The van der Waals surface area contributed by atoms with Gasteiger partial charge in [0.15, 0.2) is 5.89 Å². The molecule has 2 heterocycles. The summed E-state index contributed by atoms with van der Waals surface area (Å²) in [6, 6.07) is -0.0480. The van der Waals surface area contributed by atoms with Gasteiger partial charge in [0, 0.05) is 6.42 Å². The third-order valence-corrected chi connectivity index (χ3v) is 3.87. The van der Waals surface area contributed by atoms with Crippen LogP contribution in [0.3, 0.4) is 0 Å². The highest BCUT2D eigenvalue weighted by Crippen LogP contribution is 2.26. The number of nitrogens with zero attached hydrogens (tertiary/aromatic N) is 1. The molecule has 1 aromatic heterocycles. The van der Waals surface area contributed by atoms with Gasteiger partial charge in [-0.1, -0.05) is 0 Å². The Morgan fingerprint density at radius 3 is 2.93 bits per heavy atom. The molecule has 3 nitrogen and oxygen atoms in total. The van der Waals surface area contributed by atoms with Gasteiger partial charge in [0.05, 0.1) is 12.2 Å². The molecular formula is C11H18N2OS. The molecule has 0 radical (unpaired) electrons. The zero-order valence-corrected chi connectivity index (χ0v) is 9.93. The molecule has 1 fully saturated rings. The molecule has 1 aliphatic heterocycles. The lowest BCUT2D eigenvalue weighted by molar-refractivity contribution is 0.383. The van der Waals surface area contributed by atoms with Crippen molar-refractivity contribution in [3.05, 3.63) is 17.8 Å². The highest BCUT2D eigenvalue weighted by Gasteiger charge is 2.17. The largest absolute Gasteiger partial charge is 0.444 e. The second-order valence-electron chi connectivity index (χ2n) is 4.20. The Bertz CT molecular complexity index is 305. The van der Waals surface area contributed by atoms with Crippen molar-refractivity contribution in [2.24, 2.45) is 11.7 Å². The first-order valence-corrected chi connectivity index (χ1v) is 6.69. The van der Waals surface area contributed by atoms with Crippen molar-refractivity contribution in [3.8, 4) is 0 Å². The average molecular weight is 226 g/mol. The van der Waals surface area contributed by atoms with Gasteiger partial charge < -0.3 is 10.2 Å². The third kappa shape index (κ3) is 2.98. The van der Waals surface area contributed by atoms with Gasteiger partial charge in [0.1, 0.15) is 5.76 Å². The van der Waals surface area contributed by atoms with E-state index >= 15 is 0 Å². The lowest BCUT2D eigenvalue weighted by atomic mass is 9.99. The zero-order chi connectivity index (χ0) is 10.7. The zero-order valence-electron chi connectivity index (χ0n) is 9.11. The van der Waals surface area contributed by atoms with Crippen LogP contribution in [0.4, 0.5) is 0 Å². The number of hydrogen-bond acceptors (Lipinski definition) is 4. The molecule has 4 heteroatoms. The lowest BCUT2D eigenvalue weighted by Gasteiger charge is -2.19. The number of oxazole rings is 1. The molecule has 15 heavy (non-hydrogen) atoms. The molecule has 0 aromatic carbocycles. The summed E-state index contributed by atoms with van der Waals surface area (Å²) in [6.45, 7) is 1.92. The highest BCUT2D eigenvalue weighted by molar-refractivity contribution is 7.99. The van der Waals surface area contributed by atoms with Gasteiger partial charge >= 0.3 is 0 Å². The van der Waals surface area contributed by atoms with E-state index in [9.17, 15) is 0 Å². The van der Waals surface area contributed by atoms with Crippen LogP contribution in [0, 0.1) is 5.92 Å². The number of thioether (sulfide) groups is 1. The minimum absolute atomic E-state index is 0.0480. The lowest BCUT2D eigenvalue weighted by Crippen LogP contribution is -2.12. The van der Waals surface area contributed by atoms with Crippen LogP contribution in [0.25, 0.3) is 0 Å². The molecule has 0 aliphatic carbocycles. The molecule has 0 amide bonds. The van der Waals surface area contributed by atoms with E-state index in [0.717, 1.165) is 24.0 Å². The molecule has 2 rings (SSSR count). The molecule has 84 valence electrons. The van der Waals surface area contributed by atoms with Crippen LogP contribution in [0.15, 0.2) is 10.6 Å². The van der Waals surface area contributed by atoms with Crippen LogP contribution < -0.4 is 5.73 Å². The molecule has 1 unspecified atom stereocenters. The fraction of sp³-hybridized carbons (Fsp3) is 0.727. The Kier molecular flexibility index (Phi) is 3.70. The first-order valence-electron chi connectivity index (χ1n) is 5.53. The summed E-state index contributed by atoms with van der Waals surface area (Å²) < 4.78 is 5.60. The molecule has 1 atom stereocenters. The Hall–Kier alpha value is -0.480. The van der Waals surface area contributed by atoms with Crippen molar-refractivity contribution >= 4 is 11.8 Å². The van der Waals surface area contributed by atoms with Gasteiger partial charge in [-0.3, -0.25) is 0 Å². The van der Waals surface area contributed by atoms with E-state index in [-0.39, 0.29) is 6.04 Å². The minimum atomic E-state index is -0.0480. The number of hydrogen-bond donors (Lipinski definition) is 1. The Labute approximate surface area is 94.8 Å². The quantitative estimate of drug-likeness (QED) is 0.859. The first kappa shape index (κ1) is 11.0. The number of nitrogens with two attached hydrogens (primary N) is 1. The normalized spacial score (nSPS) is 20.4. The van der Waals surface area contributed by atoms with Crippen LogP contribution in [0.1, 0.15) is 37.5 Å². The van der Waals surface area contributed by atoms with Crippen molar-refractivity contribution in [1.82, 2.24) is 4.98 Å². The van der Waals surface area contributed by atoms with Crippen molar-refractivity contribution in [2.75, 3.05) is 11.5 Å². The summed E-state index contributed by atoms with van der Waals surface area (Å²) in [5, 5.41) is 0. The Balaban J connectivity index is 1.91. The van der Waals surface area contributed by atoms with Crippen LogP contribution in [0.2, 0.25) is 0 Å². The summed E-state index contributed by atoms with van der Waals surface area (Å²) in [7, 11) is 0. The molecule has 1 aromatic rings. The van der Waals surface area contributed by atoms with Crippen LogP contribution in [-0.4, -0.2) is 16.5 Å². The maximum absolute atomic E-state index is 5.72. The predicted octanol–water partition coefficient (Wildman–Crippen LogP) is 2.38. The summed E-state index contributed by atoms with van der Waals surface area (Å²) in [6.07, 6.45) is 5.33. The minimum Gasteiger partial charge on any atom is -0.444 e. The monoisotopic (exact) mass is 226 g/mol.